The Hall–Kier alpha value is -3.80. The van der Waals surface area contributed by atoms with Gasteiger partial charge in [-0.3, -0.25) is 4.79 Å². The Morgan fingerprint density at radius 1 is 1.03 bits per heavy atom. The van der Waals surface area contributed by atoms with E-state index in [9.17, 15) is 9.59 Å². The Bertz CT molecular complexity index is 1300. The number of allylic oxidation sites excluding steroid dienone is 2. The topological polar surface area (TPSA) is 60.8 Å². The van der Waals surface area contributed by atoms with Crippen LogP contribution >= 0.6 is 0 Å². The van der Waals surface area contributed by atoms with Crippen molar-refractivity contribution in [1.29, 1.82) is 0 Å². The zero-order valence-electron chi connectivity index (χ0n) is 19.6. The van der Waals surface area contributed by atoms with E-state index in [1.165, 1.54) is 20.3 Å². The minimum absolute atomic E-state index is 0.0474. The van der Waals surface area contributed by atoms with Crippen LogP contribution in [-0.2, 0) is 32.7 Å². The van der Waals surface area contributed by atoms with E-state index in [4.69, 9.17) is 9.47 Å². The molecule has 3 atom stereocenters. The van der Waals surface area contributed by atoms with Crippen LogP contribution in [0, 0.1) is 0 Å². The first-order valence-corrected chi connectivity index (χ1v) is 11.5. The SMILES string of the molecule is COC(=O)/C=C/C1=CN(Cc2ccccc2)[C@@H]2C[C@H]1c1c(c3ccccc3n1C)[C@H]2C(=O)OC. The van der Waals surface area contributed by atoms with Gasteiger partial charge in [0.15, 0.2) is 0 Å². The molecule has 34 heavy (non-hydrogen) atoms. The molecule has 5 rings (SSSR count). The summed E-state index contributed by atoms with van der Waals surface area (Å²) in [5.41, 5.74) is 5.39. The minimum Gasteiger partial charge on any atom is -0.468 e. The van der Waals surface area contributed by atoms with Crippen LogP contribution in [0.2, 0.25) is 0 Å². The maximum atomic E-state index is 13.3. The van der Waals surface area contributed by atoms with Crippen LogP contribution in [-0.4, -0.2) is 41.7 Å². The van der Waals surface area contributed by atoms with Gasteiger partial charge >= 0.3 is 11.9 Å². The van der Waals surface area contributed by atoms with Gasteiger partial charge in [-0.15, -0.1) is 0 Å². The number of benzene rings is 2. The van der Waals surface area contributed by atoms with Gasteiger partial charge in [-0.05, 0) is 35.3 Å². The number of fused-ring (bicyclic) bond motifs is 6. The summed E-state index contributed by atoms with van der Waals surface area (Å²) in [4.78, 5) is 27.4. The lowest BCUT2D eigenvalue weighted by Crippen LogP contribution is -2.46. The molecule has 3 aromatic rings. The van der Waals surface area contributed by atoms with E-state index in [0.29, 0.717) is 6.54 Å². The van der Waals surface area contributed by atoms with Crippen molar-refractivity contribution in [3.05, 3.63) is 95.3 Å². The fourth-order valence-corrected chi connectivity index (χ4v) is 5.62. The first kappa shape index (κ1) is 22.0. The molecule has 0 spiro atoms. The molecule has 2 heterocycles. The van der Waals surface area contributed by atoms with Gasteiger partial charge in [-0.25, -0.2) is 4.79 Å². The Labute approximate surface area is 199 Å². The number of methoxy groups -OCH3 is 2. The molecular weight excluding hydrogens is 428 g/mol. The highest BCUT2D eigenvalue weighted by Crippen LogP contribution is 2.51. The second-order valence-corrected chi connectivity index (χ2v) is 8.88. The Balaban J connectivity index is 1.71. The standard InChI is InChI=1S/C28H28N2O4/c1-29-22-12-8-7-11-20(22)25-26(28(32)34-3)23-15-21(27(25)29)19(13-14-24(31)33-2)17-30(23)16-18-9-5-4-6-10-18/h4-14,17,21,23,26H,15-16H2,1-3H3/b14-13+/t21-,23-,26+/m1/s1. The Morgan fingerprint density at radius 2 is 1.76 bits per heavy atom. The predicted octanol–water partition coefficient (Wildman–Crippen LogP) is 4.42. The van der Waals surface area contributed by atoms with Gasteiger partial charge in [0.1, 0.15) is 5.92 Å². The molecule has 1 aliphatic heterocycles. The lowest BCUT2D eigenvalue weighted by atomic mass is 9.70. The molecule has 6 nitrogen and oxygen atoms in total. The third-order valence-corrected chi connectivity index (χ3v) is 7.12. The summed E-state index contributed by atoms with van der Waals surface area (Å²) < 4.78 is 12.4. The zero-order chi connectivity index (χ0) is 23.8. The predicted molar refractivity (Wildman–Crippen MR) is 130 cm³/mol. The fraction of sp³-hybridized carbons (Fsp3) is 0.286. The van der Waals surface area contributed by atoms with Crippen molar-refractivity contribution in [2.75, 3.05) is 14.2 Å². The number of hydrogen-bond acceptors (Lipinski definition) is 5. The van der Waals surface area contributed by atoms with Crippen molar-refractivity contribution in [3.63, 3.8) is 0 Å². The van der Waals surface area contributed by atoms with Crippen molar-refractivity contribution in [3.8, 4) is 0 Å². The van der Waals surface area contributed by atoms with Crippen LogP contribution in [0.1, 0.15) is 35.1 Å². The van der Waals surface area contributed by atoms with Crippen molar-refractivity contribution in [1.82, 2.24) is 9.47 Å². The van der Waals surface area contributed by atoms with Crippen molar-refractivity contribution < 1.29 is 19.1 Å². The third-order valence-electron chi connectivity index (χ3n) is 7.12. The molecule has 0 radical (unpaired) electrons. The highest BCUT2D eigenvalue weighted by molar-refractivity contribution is 5.93. The van der Waals surface area contributed by atoms with E-state index in [0.717, 1.165) is 39.7 Å². The lowest BCUT2D eigenvalue weighted by Gasteiger charge is -2.46. The number of aryl methyl sites for hydroxylation is 1. The molecule has 6 heteroatoms. The van der Waals surface area contributed by atoms with E-state index >= 15 is 0 Å². The molecule has 174 valence electrons. The van der Waals surface area contributed by atoms with Crippen LogP contribution in [0.15, 0.2) is 78.5 Å². The zero-order valence-corrected chi connectivity index (χ0v) is 19.6. The monoisotopic (exact) mass is 456 g/mol. The number of hydrogen-bond donors (Lipinski definition) is 0. The van der Waals surface area contributed by atoms with Crippen molar-refractivity contribution in [2.45, 2.75) is 30.8 Å². The molecule has 1 aliphatic carbocycles. The van der Waals surface area contributed by atoms with E-state index in [-0.39, 0.29) is 17.9 Å². The summed E-state index contributed by atoms with van der Waals surface area (Å²) in [5, 5.41) is 1.07. The minimum atomic E-state index is -0.409. The molecule has 0 saturated heterocycles. The van der Waals surface area contributed by atoms with Gasteiger partial charge < -0.3 is 18.9 Å². The molecule has 2 aromatic carbocycles. The van der Waals surface area contributed by atoms with Crippen molar-refractivity contribution in [2.24, 2.45) is 7.05 Å². The second-order valence-electron chi connectivity index (χ2n) is 8.88. The first-order chi connectivity index (χ1) is 16.5. The van der Waals surface area contributed by atoms with Crippen LogP contribution in [0.4, 0.5) is 0 Å². The van der Waals surface area contributed by atoms with Gasteiger partial charge in [0.2, 0.25) is 0 Å². The van der Waals surface area contributed by atoms with Crippen LogP contribution in [0.25, 0.3) is 10.9 Å². The number of carbonyl (C=O) groups is 2. The van der Waals surface area contributed by atoms with E-state index in [1.807, 2.05) is 43.5 Å². The highest BCUT2D eigenvalue weighted by Gasteiger charge is 2.47. The lowest BCUT2D eigenvalue weighted by molar-refractivity contribution is -0.144. The number of nitrogens with zero attached hydrogens (tertiary/aromatic N) is 2. The summed E-state index contributed by atoms with van der Waals surface area (Å²) >= 11 is 0. The molecule has 2 bridgehead atoms. The maximum absolute atomic E-state index is 13.3. The quantitative estimate of drug-likeness (QED) is 0.420. The third kappa shape index (κ3) is 3.59. The molecule has 0 amide bonds. The fourth-order valence-electron chi connectivity index (χ4n) is 5.62. The molecule has 1 aromatic heterocycles. The number of ether oxygens (including phenoxy) is 2. The smallest absolute Gasteiger partial charge is 0.330 e. The summed E-state index contributed by atoms with van der Waals surface area (Å²) in [5.74, 6) is -0.973. The highest BCUT2D eigenvalue weighted by atomic mass is 16.5. The molecule has 0 saturated carbocycles. The van der Waals surface area contributed by atoms with Crippen LogP contribution in [0.3, 0.4) is 0 Å². The normalized spacial score (nSPS) is 21.3. The van der Waals surface area contributed by atoms with E-state index in [2.05, 4.69) is 39.9 Å². The Kier molecular flexibility index (Phi) is 5.74. The van der Waals surface area contributed by atoms with E-state index in [1.54, 1.807) is 0 Å². The van der Waals surface area contributed by atoms with Gasteiger partial charge in [0.05, 0.1) is 14.2 Å². The second kappa shape index (κ2) is 8.86. The maximum Gasteiger partial charge on any atom is 0.330 e. The number of rotatable bonds is 5. The average Bonchev–Trinajstić information content (AvgIpc) is 3.17. The van der Waals surface area contributed by atoms with Gasteiger partial charge in [0, 0.05) is 54.4 Å². The van der Waals surface area contributed by atoms with Gasteiger partial charge in [0.25, 0.3) is 0 Å². The molecular formula is C28H28N2O4. The van der Waals surface area contributed by atoms with Crippen LogP contribution < -0.4 is 0 Å². The molecule has 2 aliphatic rings. The summed E-state index contributed by atoms with van der Waals surface area (Å²) in [6, 6.07) is 18.3. The number of esters is 2. The van der Waals surface area contributed by atoms with E-state index < -0.39 is 11.9 Å². The molecule has 0 N–H and O–H groups in total. The van der Waals surface area contributed by atoms with Crippen LogP contribution in [0.5, 0.6) is 0 Å². The molecule has 0 fully saturated rings. The average molecular weight is 457 g/mol. The number of carbonyl (C=O) groups excluding carboxylic acids is 2. The summed E-state index contributed by atoms with van der Waals surface area (Å²) in [6.07, 6.45) is 6.18. The van der Waals surface area contributed by atoms with Gasteiger partial charge in [-0.2, -0.15) is 0 Å². The summed E-state index contributed by atoms with van der Waals surface area (Å²) in [6.45, 7) is 0.654. The van der Waals surface area contributed by atoms with Crippen molar-refractivity contribution >= 4 is 22.8 Å². The number of para-hydroxylation sites is 1. The largest absolute Gasteiger partial charge is 0.468 e. The van der Waals surface area contributed by atoms with Gasteiger partial charge in [-0.1, -0.05) is 48.5 Å². The molecule has 0 unspecified atom stereocenters. The number of aromatic nitrogens is 1. The first-order valence-electron chi connectivity index (χ1n) is 11.5. The summed E-state index contributed by atoms with van der Waals surface area (Å²) in [7, 11) is 4.89. The Morgan fingerprint density at radius 3 is 2.50 bits per heavy atom.